The molecule has 0 atom stereocenters. The zero-order valence-electron chi connectivity index (χ0n) is 4.87. The molecule has 9 heavy (non-hydrogen) atoms. The first-order chi connectivity index (χ1) is 3.72. The van der Waals surface area contributed by atoms with Gasteiger partial charge in [0.2, 0.25) is 0 Å². The van der Waals surface area contributed by atoms with Crippen molar-refractivity contribution in [2.24, 2.45) is 5.16 Å². The molecule has 0 aliphatic heterocycles. The van der Waals surface area contributed by atoms with Crippen LogP contribution in [0, 0.1) is 0 Å². The number of hydrogen-bond acceptors (Lipinski definition) is 5. The maximum Gasteiger partial charge on any atom is 1.00 e. The maximum atomic E-state index is 9.60. The molecule has 0 aromatic rings. The summed E-state index contributed by atoms with van der Waals surface area (Å²) in [5, 5.41) is 27.5. The Hall–Kier alpha value is -0.100. The van der Waals surface area contributed by atoms with E-state index in [-0.39, 0.29) is 29.6 Å². The van der Waals surface area contributed by atoms with Gasteiger partial charge < -0.3 is 20.2 Å². The van der Waals surface area contributed by atoms with Crippen molar-refractivity contribution in [3.8, 4) is 0 Å². The van der Waals surface area contributed by atoms with Crippen LogP contribution in [0.25, 0.3) is 0 Å². The zero-order chi connectivity index (χ0) is 6.57. The minimum absolute atomic E-state index is 0. The molecule has 0 heterocycles. The van der Waals surface area contributed by atoms with E-state index in [2.05, 4.69) is 5.16 Å². The number of oxime groups is 1. The molecule has 0 amide bonds. The topological polar surface area (TPSA) is 93.0 Å². The molecule has 0 aliphatic carbocycles. The van der Waals surface area contributed by atoms with Crippen LogP contribution in [-0.2, 0) is 4.79 Å². The van der Waals surface area contributed by atoms with Gasteiger partial charge in [0.25, 0.3) is 0 Å². The fourth-order valence-corrected chi connectivity index (χ4v) is 0.137. The Balaban J connectivity index is 0. The fourth-order valence-electron chi connectivity index (χ4n) is 0.137. The minimum Gasteiger partial charge on any atom is -0.543 e. The van der Waals surface area contributed by atoms with E-state index in [1.165, 1.54) is 0 Å². The van der Waals surface area contributed by atoms with Gasteiger partial charge >= 0.3 is 29.6 Å². The number of carboxylic acids is 1. The van der Waals surface area contributed by atoms with Crippen molar-refractivity contribution in [3.05, 3.63) is 0 Å². The standard InChI is InChI=1S/C3H5NO4.Na/c5-1-2(4-8)3(6)7;/h5,8H,1H2,(H,6,7);/q;+1/p-1/b4-2-;. The molecule has 46 valence electrons. The smallest absolute Gasteiger partial charge is 0.543 e. The molecular weight excluding hydrogens is 137 g/mol. The Morgan fingerprint density at radius 1 is 1.67 bits per heavy atom. The normalized spacial score (nSPS) is 10.1. The molecular formula is C3H4NNaO4. The minimum atomic E-state index is -1.67. The average molecular weight is 141 g/mol. The molecule has 5 nitrogen and oxygen atoms in total. The summed E-state index contributed by atoms with van der Waals surface area (Å²) in [4.78, 5) is 9.60. The van der Waals surface area contributed by atoms with Crippen molar-refractivity contribution >= 4 is 11.7 Å². The summed E-state index contributed by atoms with van der Waals surface area (Å²) >= 11 is 0. The molecule has 0 saturated heterocycles. The van der Waals surface area contributed by atoms with E-state index >= 15 is 0 Å². The first-order valence-electron chi connectivity index (χ1n) is 1.75. The summed E-state index contributed by atoms with van der Waals surface area (Å²) in [5.74, 6) is -1.67. The molecule has 0 fully saturated rings. The third-order valence-corrected chi connectivity index (χ3v) is 0.506. The maximum absolute atomic E-state index is 9.60. The number of carbonyl (C=O) groups is 1. The number of aliphatic carboxylic acids is 1. The second kappa shape index (κ2) is 6.03. The Kier molecular flexibility index (Phi) is 7.81. The third kappa shape index (κ3) is 4.41. The van der Waals surface area contributed by atoms with Gasteiger partial charge in [0.15, 0.2) is 0 Å². The van der Waals surface area contributed by atoms with Crippen molar-refractivity contribution in [2.75, 3.05) is 6.61 Å². The van der Waals surface area contributed by atoms with E-state index in [1.807, 2.05) is 0 Å². The van der Waals surface area contributed by atoms with E-state index in [0.29, 0.717) is 0 Å². The van der Waals surface area contributed by atoms with Gasteiger partial charge in [0, 0.05) is 0 Å². The van der Waals surface area contributed by atoms with Crippen LogP contribution in [0.2, 0.25) is 0 Å². The van der Waals surface area contributed by atoms with Crippen LogP contribution in [0.4, 0.5) is 0 Å². The number of aliphatic hydroxyl groups excluding tert-OH is 1. The number of nitrogens with zero attached hydrogens (tertiary/aromatic N) is 1. The van der Waals surface area contributed by atoms with Crippen molar-refractivity contribution < 1.29 is 49.8 Å². The summed E-state index contributed by atoms with van der Waals surface area (Å²) in [5.41, 5.74) is -0.773. The van der Waals surface area contributed by atoms with Crippen LogP contribution in [0.1, 0.15) is 0 Å². The molecule has 6 heteroatoms. The summed E-state index contributed by atoms with van der Waals surface area (Å²) in [6.07, 6.45) is 0. The van der Waals surface area contributed by atoms with Crippen molar-refractivity contribution in [1.82, 2.24) is 0 Å². The van der Waals surface area contributed by atoms with Crippen molar-refractivity contribution in [3.63, 3.8) is 0 Å². The van der Waals surface area contributed by atoms with Gasteiger partial charge in [-0.1, -0.05) is 5.16 Å². The van der Waals surface area contributed by atoms with Gasteiger partial charge in [0.05, 0.1) is 12.6 Å². The van der Waals surface area contributed by atoms with E-state index < -0.39 is 18.3 Å². The first kappa shape index (κ1) is 11.7. The molecule has 0 aliphatic rings. The quantitative estimate of drug-likeness (QED) is 0.174. The Labute approximate surface area is 73.3 Å². The molecule has 0 unspecified atom stereocenters. The van der Waals surface area contributed by atoms with Crippen LogP contribution in [0.15, 0.2) is 5.16 Å². The van der Waals surface area contributed by atoms with Crippen LogP contribution in [0.5, 0.6) is 0 Å². The molecule has 0 rings (SSSR count). The molecule has 0 radical (unpaired) electrons. The zero-order valence-corrected chi connectivity index (χ0v) is 6.87. The second-order valence-electron chi connectivity index (χ2n) is 0.992. The summed E-state index contributed by atoms with van der Waals surface area (Å²) < 4.78 is 0. The van der Waals surface area contributed by atoms with Gasteiger partial charge in [-0.2, -0.15) is 0 Å². The van der Waals surface area contributed by atoms with E-state index in [4.69, 9.17) is 10.3 Å². The predicted molar refractivity (Wildman–Crippen MR) is 21.3 cm³/mol. The number of aliphatic hydroxyl groups is 1. The van der Waals surface area contributed by atoms with Crippen molar-refractivity contribution in [2.45, 2.75) is 0 Å². The first-order valence-corrected chi connectivity index (χ1v) is 1.75. The van der Waals surface area contributed by atoms with E-state index in [1.54, 1.807) is 0 Å². The van der Waals surface area contributed by atoms with Gasteiger partial charge in [-0.05, 0) is 0 Å². The summed E-state index contributed by atoms with van der Waals surface area (Å²) in [7, 11) is 0. The van der Waals surface area contributed by atoms with E-state index in [9.17, 15) is 9.90 Å². The van der Waals surface area contributed by atoms with Gasteiger partial charge in [-0.25, -0.2) is 0 Å². The molecule has 0 bridgehead atoms. The Morgan fingerprint density at radius 3 is 2.11 bits per heavy atom. The third-order valence-electron chi connectivity index (χ3n) is 0.506. The SMILES string of the molecule is O=C([O-])/C(CO)=N\O.[Na+]. The molecule has 0 aromatic heterocycles. The molecule has 0 aromatic carbocycles. The average Bonchev–Trinajstić information content (AvgIpc) is 1.69. The second-order valence-corrected chi connectivity index (χ2v) is 0.992. The van der Waals surface area contributed by atoms with Crippen LogP contribution in [-0.4, -0.2) is 28.6 Å². The fraction of sp³-hybridized carbons (Fsp3) is 0.333. The number of rotatable bonds is 2. The molecule has 0 spiro atoms. The van der Waals surface area contributed by atoms with Crippen LogP contribution >= 0.6 is 0 Å². The molecule has 0 saturated carbocycles. The van der Waals surface area contributed by atoms with Gasteiger partial charge in [0.1, 0.15) is 5.71 Å². The van der Waals surface area contributed by atoms with Crippen LogP contribution < -0.4 is 34.7 Å². The predicted octanol–water partition coefficient (Wildman–Crippen LogP) is -5.44. The van der Waals surface area contributed by atoms with Gasteiger partial charge in [-0.15, -0.1) is 0 Å². The van der Waals surface area contributed by atoms with E-state index in [0.717, 1.165) is 0 Å². The largest absolute Gasteiger partial charge is 1.00 e. The number of carbonyl (C=O) groups excluding carboxylic acids is 1. The summed E-state index contributed by atoms with van der Waals surface area (Å²) in [6, 6.07) is 0. The summed E-state index contributed by atoms with van der Waals surface area (Å²) in [6.45, 7) is -0.821. The Bertz CT molecular complexity index is 123. The van der Waals surface area contributed by atoms with Crippen LogP contribution in [0.3, 0.4) is 0 Å². The monoisotopic (exact) mass is 141 g/mol. The van der Waals surface area contributed by atoms with Gasteiger partial charge in [-0.3, -0.25) is 0 Å². The number of hydrogen-bond donors (Lipinski definition) is 2. The molecule has 2 N–H and O–H groups in total. The van der Waals surface area contributed by atoms with Crippen molar-refractivity contribution in [1.29, 1.82) is 0 Å². The number of carboxylic acid groups (broad SMARTS) is 1. The Morgan fingerprint density at radius 2 is 2.11 bits per heavy atom.